The maximum absolute atomic E-state index is 8.49. The zero-order valence-electron chi connectivity index (χ0n) is 37.0. The first kappa shape index (κ1) is 32.7. The molecule has 0 aliphatic rings. The van der Waals surface area contributed by atoms with Gasteiger partial charge in [-0.15, -0.1) is 0 Å². The summed E-state index contributed by atoms with van der Waals surface area (Å²) in [6.07, 6.45) is 1.85. The molecule has 0 aliphatic heterocycles. The van der Waals surface area contributed by atoms with Crippen LogP contribution in [0.4, 0.5) is 0 Å². The summed E-state index contributed by atoms with van der Waals surface area (Å²) < 4.78 is 29.9. The van der Waals surface area contributed by atoms with E-state index in [4.69, 9.17) is 14.1 Å². The lowest BCUT2D eigenvalue weighted by Gasteiger charge is -2.20. The molecule has 0 aliphatic carbocycles. The summed E-state index contributed by atoms with van der Waals surface area (Å²) in [6.45, 7) is 6.81. The van der Waals surface area contributed by atoms with Crippen LogP contribution in [0.3, 0.4) is 0 Å². The summed E-state index contributed by atoms with van der Waals surface area (Å²) in [7, 11) is 0. The Kier molecular flexibility index (Phi) is 7.60. The van der Waals surface area contributed by atoms with Gasteiger partial charge in [0.25, 0.3) is 0 Å². The third kappa shape index (κ3) is 5.53. The number of aryl methyl sites for hydroxylation is 1. The second-order valence-electron chi connectivity index (χ2n) is 16.5. The Morgan fingerprint density at radius 1 is 0.567 bits per heavy atom. The smallest absolute Gasteiger partial charge is 0.147 e. The summed E-state index contributed by atoms with van der Waals surface area (Å²) in [5.41, 5.74) is 14.9. The normalized spacial score (nSPS) is 13.0. The molecule has 0 saturated heterocycles. The van der Waals surface area contributed by atoms with Crippen LogP contribution >= 0.6 is 0 Å². The van der Waals surface area contributed by atoms with Gasteiger partial charge < -0.3 is 4.98 Å². The SMILES string of the molecule is [2H]C([2H])([2H])c1ccc(-c2nc3c(-c4ccc5c6cc(-c7c(C(C)C)cccc7C(C)C)ccc6n(-c6ccccn6)c5c4)cccc3n2-c2ccccc2)c2[nH]c3ccccc3c12. The number of imidazole rings is 1. The highest BCUT2D eigenvalue weighted by atomic mass is 15.1. The van der Waals surface area contributed by atoms with Crippen LogP contribution in [0.5, 0.6) is 0 Å². The average Bonchev–Trinajstić information content (AvgIpc) is 3.98. The van der Waals surface area contributed by atoms with Crippen molar-refractivity contribution in [3.05, 3.63) is 181 Å². The van der Waals surface area contributed by atoms with Gasteiger partial charge in [0, 0.05) is 54.2 Å². The number of nitrogens with one attached hydrogen (secondary N) is 1. The maximum atomic E-state index is 8.49. The molecule has 0 unspecified atom stereocenters. The van der Waals surface area contributed by atoms with Crippen molar-refractivity contribution in [2.75, 3.05) is 0 Å². The van der Waals surface area contributed by atoms with E-state index >= 15 is 0 Å². The second kappa shape index (κ2) is 14.0. The monoisotopic (exact) mass is 778 g/mol. The zero-order chi connectivity index (χ0) is 43.1. The topological polar surface area (TPSA) is 51.4 Å². The van der Waals surface area contributed by atoms with Crippen LogP contribution in [0.2, 0.25) is 0 Å². The maximum Gasteiger partial charge on any atom is 0.147 e. The highest BCUT2D eigenvalue weighted by Crippen LogP contribution is 2.43. The minimum Gasteiger partial charge on any atom is -0.354 e. The molecular formula is C55H45N5. The first-order valence-electron chi connectivity index (χ1n) is 22.3. The van der Waals surface area contributed by atoms with Gasteiger partial charge in [-0.1, -0.05) is 125 Å². The number of pyridine rings is 1. The Hall–Kier alpha value is -7.24. The Labute approximate surface area is 353 Å². The summed E-state index contributed by atoms with van der Waals surface area (Å²) in [6, 6.07) is 54.7. The van der Waals surface area contributed by atoms with E-state index in [1.165, 1.54) is 27.6 Å². The molecule has 0 radical (unpaired) electrons. The number of hydrogen-bond acceptors (Lipinski definition) is 2. The molecule has 11 rings (SSSR count). The standard InChI is InChI=1S/C55H45N5/c1-33(2)39-18-13-19-40(34(3)4)52(39)37-26-29-47-45(31-37)42-28-25-36(32-49(42)60(47)50-23-11-12-30-56-50)41-20-14-22-48-53(41)58-55(59(48)38-15-7-6-8-16-38)44-27-24-35(5)51-43-17-9-10-21-46(43)57-54(44)51/h6-34,57H,1-5H3/i5D3. The largest absolute Gasteiger partial charge is 0.354 e. The van der Waals surface area contributed by atoms with Gasteiger partial charge in [-0.3, -0.25) is 9.13 Å². The Morgan fingerprint density at radius 2 is 1.33 bits per heavy atom. The molecule has 5 nitrogen and oxygen atoms in total. The van der Waals surface area contributed by atoms with Gasteiger partial charge in [0.15, 0.2) is 0 Å². The van der Waals surface area contributed by atoms with Gasteiger partial charge in [0.2, 0.25) is 0 Å². The Morgan fingerprint density at radius 3 is 2.12 bits per heavy atom. The number of H-pyrrole nitrogens is 1. The third-order valence-corrected chi connectivity index (χ3v) is 12.2. The van der Waals surface area contributed by atoms with Crippen LogP contribution in [-0.4, -0.2) is 24.1 Å². The van der Waals surface area contributed by atoms with Gasteiger partial charge in [0.1, 0.15) is 11.6 Å². The molecule has 0 spiro atoms. The van der Waals surface area contributed by atoms with Crippen LogP contribution in [-0.2, 0) is 0 Å². The fourth-order valence-corrected chi connectivity index (χ4v) is 9.46. The van der Waals surface area contributed by atoms with Crippen LogP contribution in [0.1, 0.15) is 60.3 Å². The van der Waals surface area contributed by atoms with E-state index in [0.29, 0.717) is 22.8 Å². The molecule has 0 fully saturated rings. The molecule has 4 heterocycles. The van der Waals surface area contributed by atoms with Crippen molar-refractivity contribution in [2.45, 2.75) is 46.4 Å². The third-order valence-electron chi connectivity index (χ3n) is 12.2. The van der Waals surface area contributed by atoms with Crippen molar-refractivity contribution in [3.8, 4) is 45.1 Å². The number of aromatic amines is 1. The fraction of sp³-hybridized carbons (Fsp3) is 0.127. The summed E-state index contributed by atoms with van der Waals surface area (Å²) >= 11 is 0. The number of fused-ring (bicyclic) bond motifs is 7. The van der Waals surface area contributed by atoms with Crippen molar-refractivity contribution in [1.82, 2.24) is 24.1 Å². The number of nitrogens with zero attached hydrogens (tertiary/aromatic N) is 4. The Balaban J connectivity index is 1.16. The van der Waals surface area contributed by atoms with Crippen molar-refractivity contribution >= 4 is 54.6 Å². The van der Waals surface area contributed by atoms with E-state index in [0.717, 1.165) is 77.9 Å². The molecule has 4 aromatic heterocycles. The van der Waals surface area contributed by atoms with Gasteiger partial charge in [-0.2, -0.15) is 0 Å². The highest BCUT2D eigenvalue weighted by molar-refractivity contribution is 6.14. The van der Waals surface area contributed by atoms with Crippen molar-refractivity contribution in [1.29, 1.82) is 0 Å². The lowest BCUT2D eigenvalue weighted by molar-refractivity contribution is 0.838. The van der Waals surface area contributed by atoms with Gasteiger partial charge in [-0.25, -0.2) is 9.97 Å². The lowest BCUT2D eigenvalue weighted by atomic mass is 9.85. The second-order valence-corrected chi connectivity index (χ2v) is 16.5. The summed E-state index contributed by atoms with van der Waals surface area (Å²) in [5.74, 6) is 2.32. The molecule has 7 aromatic carbocycles. The van der Waals surface area contributed by atoms with Gasteiger partial charge >= 0.3 is 0 Å². The van der Waals surface area contributed by atoms with Gasteiger partial charge in [-0.05, 0) is 113 Å². The number of para-hydroxylation sites is 3. The van der Waals surface area contributed by atoms with E-state index in [1.807, 2.05) is 66.9 Å². The van der Waals surface area contributed by atoms with Crippen molar-refractivity contribution in [2.24, 2.45) is 0 Å². The first-order chi connectivity index (χ1) is 30.6. The fourth-order valence-electron chi connectivity index (χ4n) is 9.46. The molecule has 0 bridgehead atoms. The van der Waals surface area contributed by atoms with E-state index < -0.39 is 6.85 Å². The molecule has 60 heavy (non-hydrogen) atoms. The van der Waals surface area contributed by atoms with E-state index in [9.17, 15) is 0 Å². The Bertz CT molecular complexity index is 3530. The first-order valence-corrected chi connectivity index (χ1v) is 20.8. The molecule has 0 atom stereocenters. The molecule has 290 valence electrons. The predicted octanol–water partition coefficient (Wildman–Crippen LogP) is 14.7. The van der Waals surface area contributed by atoms with E-state index in [2.05, 4.69) is 133 Å². The summed E-state index contributed by atoms with van der Waals surface area (Å²) in [4.78, 5) is 14.0. The number of benzene rings is 7. The number of aromatic nitrogens is 5. The molecule has 1 N–H and O–H groups in total. The predicted molar refractivity (Wildman–Crippen MR) is 252 cm³/mol. The highest BCUT2D eigenvalue weighted by Gasteiger charge is 2.23. The number of hydrogen-bond donors (Lipinski definition) is 1. The molecular weight excluding hydrogens is 731 g/mol. The summed E-state index contributed by atoms with van der Waals surface area (Å²) in [5, 5.41) is 3.88. The minimum absolute atomic E-state index is 0.315. The van der Waals surface area contributed by atoms with Crippen LogP contribution in [0.25, 0.3) is 99.8 Å². The number of rotatable bonds is 7. The molecule has 5 heteroatoms. The zero-order valence-corrected chi connectivity index (χ0v) is 34.0. The minimum atomic E-state index is -2.30. The molecule has 0 saturated carbocycles. The van der Waals surface area contributed by atoms with Gasteiger partial charge in [0.05, 0.1) is 27.6 Å². The van der Waals surface area contributed by atoms with Crippen LogP contribution in [0, 0.1) is 6.85 Å². The lowest BCUT2D eigenvalue weighted by Crippen LogP contribution is -2.00. The quantitative estimate of drug-likeness (QED) is 0.175. The van der Waals surface area contributed by atoms with Crippen molar-refractivity contribution in [3.63, 3.8) is 0 Å². The molecule has 0 amide bonds. The van der Waals surface area contributed by atoms with Crippen LogP contribution in [0.15, 0.2) is 164 Å². The van der Waals surface area contributed by atoms with E-state index in [-0.39, 0.29) is 0 Å². The van der Waals surface area contributed by atoms with E-state index in [1.54, 1.807) is 6.07 Å². The van der Waals surface area contributed by atoms with Crippen LogP contribution < -0.4 is 0 Å². The average molecular weight is 779 g/mol. The van der Waals surface area contributed by atoms with Crippen molar-refractivity contribution < 1.29 is 4.11 Å². The molecule has 11 aromatic rings.